The Hall–Kier alpha value is -3.08. The van der Waals surface area contributed by atoms with Gasteiger partial charge < -0.3 is 15.0 Å². The number of fused-ring (bicyclic) bond motifs is 1. The zero-order valence-corrected chi connectivity index (χ0v) is 12.6. The molecule has 2 aromatic carbocycles. The van der Waals surface area contributed by atoms with Gasteiger partial charge in [-0.1, -0.05) is 30.3 Å². The summed E-state index contributed by atoms with van der Waals surface area (Å²) in [6.45, 7) is 0.221. The van der Waals surface area contributed by atoms with Crippen LogP contribution in [0.15, 0.2) is 54.6 Å². The monoisotopic (exact) mass is 308 g/mol. The minimum absolute atomic E-state index is 0.165. The van der Waals surface area contributed by atoms with Gasteiger partial charge in [-0.25, -0.2) is 4.79 Å². The summed E-state index contributed by atoms with van der Waals surface area (Å²) in [7, 11) is 1.58. The number of carbonyl (C=O) groups is 2. The number of aromatic amines is 1. The summed E-state index contributed by atoms with van der Waals surface area (Å²) in [5.41, 5.74) is 2.62. The van der Waals surface area contributed by atoms with Crippen LogP contribution in [0.4, 0.5) is 0 Å². The van der Waals surface area contributed by atoms with E-state index >= 15 is 0 Å². The predicted octanol–water partition coefficient (Wildman–Crippen LogP) is 2.88. The largest absolute Gasteiger partial charge is 0.456 e. The Labute approximate surface area is 133 Å². The lowest BCUT2D eigenvalue weighted by molar-refractivity contribution is 0.0467. The van der Waals surface area contributed by atoms with Crippen LogP contribution in [0.2, 0.25) is 0 Å². The Balaban J connectivity index is 1.77. The third-order valence-corrected chi connectivity index (χ3v) is 3.54. The van der Waals surface area contributed by atoms with E-state index in [9.17, 15) is 9.59 Å². The molecule has 3 rings (SSSR count). The van der Waals surface area contributed by atoms with Gasteiger partial charge in [0.15, 0.2) is 0 Å². The maximum atomic E-state index is 12.1. The maximum absolute atomic E-state index is 12.1. The minimum atomic E-state index is -0.424. The molecule has 0 aliphatic rings. The third kappa shape index (κ3) is 3.23. The number of H-pyrrole nitrogens is 1. The van der Waals surface area contributed by atoms with E-state index in [0.29, 0.717) is 11.3 Å². The predicted molar refractivity (Wildman–Crippen MR) is 87.3 cm³/mol. The van der Waals surface area contributed by atoms with Gasteiger partial charge in [-0.15, -0.1) is 0 Å². The van der Waals surface area contributed by atoms with Gasteiger partial charge in [-0.3, -0.25) is 4.79 Å². The molecule has 0 aliphatic heterocycles. The van der Waals surface area contributed by atoms with Crippen LogP contribution in [0.25, 0.3) is 10.9 Å². The third-order valence-electron chi connectivity index (χ3n) is 3.54. The fourth-order valence-corrected chi connectivity index (χ4v) is 2.33. The molecule has 0 aliphatic carbocycles. The average Bonchev–Trinajstić information content (AvgIpc) is 3.03. The number of carbonyl (C=O) groups excluding carboxylic acids is 2. The highest BCUT2D eigenvalue weighted by Crippen LogP contribution is 2.18. The van der Waals surface area contributed by atoms with Crippen molar-refractivity contribution in [2.24, 2.45) is 0 Å². The first-order chi connectivity index (χ1) is 11.2. The lowest BCUT2D eigenvalue weighted by atomic mass is 10.1. The van der Waals surface area contributed by atoms with Crippen LogP contribution >= 0.6 is 0 Å². The first-order valence-corrected chi connectivity index (χ1v) is 7.23. The highest BCUT2D eigenvalue weighted by atomic mass is 16.5. The molecular formula is C18H16N2O3. The number of hydrogen-bond acceptors (Lipinski definition) is 3. The van der Waals surface area contributed by atoms with Crippen molar-refractivity contribution in [1.29, 1.82) is 0 Å². The van der Waals surface area contributed by atoms with Gasteiger partial charge in [-0.2, -0.15) is 0 Å². The van der Waals surface area contributed by atoms with Crippen LogP contribution in [0, 0.1) is 0 Å². The molecule has 0 spiro atoms. The van der Waals surface area contributed by atoms with E-state index in [-0.39, 0.29) is 12.5 Å². The Kier molecular flexibility index (Phi) is 4.10. The SMILES string of the molecule is CNC(=O)c1ccc2[nH]c(C(=O)OCc3ccccc3)cc2c1. The second kappa shape index (κ2) is 6.36. The van der Waals surface area contributed by atoms with E-state index in [2.05, 4.69) is 10.3 Å². The van der Waals surface area contributed by atoms with Gasteiger partial charge in [0.2, 0.25) is 0 Å². The van der Waals surface area contributed by atoms with Gasteiger partial charge in [0, 0.05) is 23.5 Å². The number of benzene rings is 2. The summed E-state index contributed by atoms with van der Waals surface area (Å²) >= 11 is 0. The lowest BCUT2D eigenvalue weighted by Gasteiger charge is -2.02. The van der Waals surface area contributed by atoms with E-state index in [0.717, 1.165) is 16.5 Å². The van der Waals surface area contributed by atoms with Crippen molar-refractivity contribution in [3.05, 3.63) is 71.4 Å². The zero-order valence-electron chi connectivity index (χ0n) is 12.6. The van der Waals surface area contributed by atoms with Crippen LogP contribution in [0.1, 0.15) is 26.4 Å². The molecule has 116 valence electrons. The topological polar surface area (TPSA) is 71.2 Å². The summed E-state index contributed by atoms with van der Waals surface area (Å²) in [4.78, 5) is 26.8. The molecule has 5 heteroatoms. The smallest absolute Gasteiger partial charge is 0.355 e. The van der Waals surface area contributed by atoms with Crippen LogP contribution in [-0.4, -0.2) is 23.9 Å². The molecule has 0 fully saturated rings. The molecule has 1 amide bonds. The number of hydrogen-bond donors (Lipinski definition) is 2. The van der Waals surface area contributed by atoms with Crippen molar-refractivity contribution in [3.63, 3.8) is 0 Å². The minimum Gasteiger partial charge on any atom is -0.456 e. The highest BCUT2D eigenvalue weighted by Gasteiger charge is 2.12. The fourth-order valence-electron chi connectivity index (χ4n) is 2.33. The van der Waals surface area contributed by atoms with E-state index in [4.69, 9.17) is 4.74 Å². The Morgan fingerprint density at radius 2 is 1.87 bits per heavy atom. The molecule has 0 bridgehead atoms. The molecule has 0 saturated heterocycles. The van der Waals surface area contributed by atoms with Gasteiger partial charge in [0.05, 0.1) is 0 Å². The van der Waals surface area contributed by atoms with Crippen molar-refractivity contribution in [1.82, 2.24) is 10.3 Å². The van der Waals surface area contributed by atoms with Crippen molar-refractivity contribution in [2.75, 3.05) is 7.05 Å². The first-order valence-electron chi connectivity index (χ1n) is 7.23. The van der Waals surface area contributed by atoms with Crippen molar-refractivity contribution < 1.29 is 14.3 Å². The molecule has 0 saturated carbocycles. The van der Waals surface area contributed by atoms with Crippen LogP contribution in [0.3, 0.4) is 0 Å². The zero-order chi connectivity index (χ0) is 16.2. The molecule has 0 radical (unpaired) electrons. The van der Waals surface area contributed by atoms with Crippen molar-refractivity contribution >= 4 is 22.8 Å². The quantitative estimate of drug-likeness (QED) is 0.728. The van der Waals surface area contributed by atoms with Gasteiger partial charge in [-0.05, 0) is 29.8 Å². The molecule has 1 heterocycles. The van der Waals surface area contributed by atoms with Gasteiger partial charge in [0.25, 0.3) is 5.91 Å². The van der Waals surface area contributed by atoms with Crippen molar-refractivity contribution in [3.8, 4) is 0 Å². The molecule has 0 atom stereocenters. The number of aromatic nitrogens is 1. The van der Waals surface area contributed by atoms with Crippen LogP contribution in [-0.2, 0) is 11.3 Å². The summed E-state index contributed by atoms with van der Waals surface area (Å²) < 4.78 is 5.29. The molecule has 5 nitrogen and oxygen atoms in total. The second-order valence-electron chi connectivity index (χ2n) is 5.13. The highest BCUT2D eigenvalue weighted by molar-refractivity contribution is 6.00. The Morgan fingerprint density at radius 1 is 1.09 bits per heavy atom. The molecule has 1 aromatic heterocycles. The van der Waals surface area contributed by atoms with E-state index < -0.39 is 5.97 Å². The number of rotatable bonds is 4. The summed E-state index contributed by atoms with van der Waals surface area (Å²) in [5, 5.41) is 3.36. The van der Waals surface area contributed by atoms with Crippen molar-refractivity contribution in [2.45, 2.75) is 6.61 Å². The van der Waals surface area contributed by atoms with E-state index in [1.807, 2.05) is 30.3 Å². The Morgan fingerprint density at radius 3 is 2.61 bits per heavy atom. The summed E-state index contributed by atoms with van der Waals surface area (Å²) in [6.07, 6.45) is 0. The number of esters is 1. The van der Waals surface area contributed by atoms with Crippen LogP contribution < -0.4 is 5.32 Å². The normalized spacial score (nSPS) is 10.5. The first kappa shape index (κ1) is 14.8. The lowest BCUT2D eigenvalue weighted by Crippen LogP contribution is -2.17. The molecule has 23 heavy (non-hydrogen) atoms. The summed E-state index contributed by atoms with van der Waals surface area (Å²) in [6, 6.07) is 16.4. The molecular weight excluding hydrogens is 292 g/mol. The molecule has 0 unspecified atom stereocenters. The summed E-state index contributed by atoms with van der Waals surface area (Å²) in [5.74, 6) is -0.590. The number of amides is 1. The number of nitrogens with one attached hydrogen (secondary N) is 2. The molecule has 2 N–H and O–H groups in total. The fraction of sp³-hybridized carbons (Fsp3) is 0.111. The average molecular weight is 308 g/mol. The van der Waals surface area contributed by atoms with E-state index in [1.165, 1.54) is 0 Å². The van der Waals surface area contributed by atoms with Gasteiger partial charge in [0.1, 0.15) is 12.3 Å². The standard InChI is InChI=1S/C18H16N2O3/c1-19-17(21)13-7-8-15-14(9-13)10-16(20-15)18(22)23-11-12-5-3-2-4-6-12/h2-10,20H,11H2,1H3,(H,19,21). The van der Waals surface area contributed by atoms with Gasteiger partial charge >= 0.3 is 5.97 Å². The Bertz CT molecular complexity index is 853. The number of ether oxygens (including phenoxy) is 1. The maximum Gasteiger partial charge on any atom is 0.355 e. The van der Waals surface area contributed by atoms with Crippen LogP contribution in [0.5, 0.6) is 0 Å². The second-order valence-corrected chi connectivity index (χ2v) is 5.13. The molecule has 3 aromatic rings. The van der Waals surface area contributed by atoms with E-state index in [1.54, 1.807) is 31.3 Å².